The number of sulfone groups is 1. The molecular weight excluding hydrogens is 232 g/mol. The third-order valence-electron chi connectivity index (χ3n) is 2.64. The average molecular weight is 246 g/mol. The molecule has 0 bridgehead atoms. The van der Waals surface area contributed by atoms with Crippen molar-refractivity contribution < 1.29 is 8.42 Å². The molecule has 0 saturated carbocycles. The summed E-state index contributed by atoms with van der Waals surface area (Å²) < 4.78 is 24.2. The molecule has 0 N–H and O–H groups in total. The molecule has 17 heavy (non-hydrogen) atoms. The van der Waals surface area contributed by atoms with E-state index >= 15 is 0 Å². The van der Waals surface area contributed by atoms with Crippen molar-refractivity contribution in [3.63, 3.8) is 0 Å². The fourth-order valence-electron chi connectivity index (χ4n) is 1.97. The molecular formula is C14H14O2S. The van der Waals surface area contributed by atoms with Gasteiger partial charge >= 0.3 is 0 Å². The first kappa shape index (κ1) is 11.9. The maximum atomic E-state index is 12.1. The van der Waals surface area contributed by atoms with E-state index < -0.39 is 9.84 Å². The number of hydrogen-bond donors (Lipinski definition) is 0. The van der Waals surface area contributed by atoms with Crippen LogP contribution in [0.5, 0.6) is 0 Å². The van der Waals surface area contributed by atoms with Crippen molar-refractivity contribution in [3.8, 4) is 11.1 Å². The van der Waals surface area contributed by atoms with Crippen LogP contribution in [0.25, 0.3) is 11.1 Å². The van der Waals surface area contributed by atoms with Gasteiger partial charge < -0.3 is 0 Å². The van der Waals surface area contributed by atoms with E-state index in [1.165, 1.54) is 0 Å². The predicted molar refractivity (Wildman–Crippen MR) is 68.7 cm³/mol. The summed E-state index contributed by atoms with van der Waals surface area (Å²) in [6, 6.07) is 14.2. The van der Waals surface area contributed by atoms with Crippen molar-refractivity contribution in [1.82, 2.24) is 0 Å². The molecule has 2 aromatic carbocycles. The van der Waals surface area contributed by atoms with E-state index in [0.29, 0.717) is 9.79 Å². The second kappa shape index (κ2) is 4.34. The van der Waals surface area contributed by atoms with Crippen LogP contribution in [-0.4, -0.2) is 8.42 Å². The minimum Gasteiger partial charge on any atom is -0.218 e. The first-order valence-electron chi connectivity index (χ1n) is 5.65. The highest BCUT2D eigenvalue weighted by Crippen LogP contribution is 2.42. The highest BCUT2D eigenvalue weighted by molar-refractivity contribution is 7.92. The van der Waals surface area contributed by atoms with Gasteiger partial charge in [-0.1, -0.05) is 50.2 Å². The molecule has 0 radical (unpaired) electrons. The van der Waals surface area contributed by atoms with Gasteiger partial charge in [0.1, 0.15) is 0 Å². The summed E-state index contributed by atoms with van der Waals surface area (Å²) in [5.41, 5.74) is 1.63. The van der Waals surface area contributed by atoms with Crippen LogP contribution in [0.4, 0.5) is 0 Å². The van der Waals surface area contributed by atoms with Crippen LogP contribution in [-0.2, 0) is 9.84 Å². The minimum absolute atomic E-state index is 0.422. The van der Waals surface area contributed by atoms with Gasteiger partial charge in [-0.3, -0.25) is 0 Å². The van der Waals surface area contributed by atoms with Crippen LogP contribution >= 0.6 is 0 Å². The van der Waals surface area contributed by atoms with Crippen molar-refractivity contribution in [2.45, 2.75) is 23.6 Å². The van der Waals surface area contributed by atoms with Gasteiger partial charge in [-0.25, -0.2) is 8.42 Å². The molecule has 0 fully saturated rings. The molecule has 1 aliphatic rings. The third-order valence-corrected chi connectivity index (χ3v) is 4.51. The normalized spacial score (nSPS) is 14.2. The second-order valence-corrected chi connectivity index (χ2v) is 5.38. The van der Waals surface area contributed by atoms with E-state index in [9.17, 15) is 8.42 Å². The lowest BCUT2D eigenvalue weighted by Gasteiger charge is -1.95. The molecule has 3 rings (SSSR count). The maximum Gasteiger partial charge on any atom is 0.207 e. The van der Waals surface area contributed by atoms with Gasteiger partial charge in [-0.05, 0) is 12.1 Å². The molecule has 2 nitrogen and oxygen atoms in total. The quantitative estimate of drug-likeness (QED) is 0.608. The van der Waals surface area contributed by atoms with Gasteiger partial charge in [0.15, 0.2) is 0 Å². The summed E-state index contributed by atoms with van der Waals surface area (Å²) in [7, 11) is -3.26. The van der Waals surface area contributed by atoms with E-state index in [4.69, 9.17) is 0 Å². The van der Waals surface area contributed by atoms with Gasteiger partial charge in [0.25, 0.3) is 0 Å². The number of fused-ring (bicyclic) bond motifs is 3. The number of rotatable bonds is 0. The van der Waals surface area contributed by atoms with E-state index in [0.717, 1.165) is 11.1 Å². The average Bonchev–Trinajstić information content (AvgIpc) is 2.63. The molecule has 88 valence electrons. The second-order valence-electron chi connectivity index (χ2n) is 3.50. The summed E-state index contributed by atoms with van der Waals surface area (Å²) in [5, 5.41) is 0. The zero-order valence-electron chi connectivity index (χ0n) is 9.84. The number of benzene rings is 2. The van der Waals surface area contributed by atoms with Crippen molar-refractivity contribution in [2.75, 3.05) is 0 Å². The Morgan fingerprint density at radius 1 is 0.706 bits per heavy atom. The van der Waals surface area contributed by atoms with Crippen LogP contribution in [0.1, 0.15) is 13.8 Å². The minimum atomic E-state index is -3.26. The fraction of sp³-hybridized carbons (Fsp3) is 0.143. The predicted octanol–water partition coefficient (Wildman–Crippen LogP) is 3.53. The highest BCUT2D eigenvalue weighted by Gasteiger charge is 2.31. The van der Waals surface area contributed by atoms with Crippen LogP contribution in [0.15, 0.2) is 58.3 Å². The summed E-state index contributed by atoms with van der Waals surface area (Å²) >= 11 is 0. The Balaban J connectivity index is 0.000000514. The Hall–Kier alpha value is -1.61. The van der Waals surface area contributed by atoms with Crippen molar-refractivity contribution in [2.24, 2.45) is 0 Å². The first-order chi connectivity index (χ1) is 8.21. The van der Waals surface area contributed by atoms with E-state index in [1.807, 2.05) is 38.1 Å². The molecule has 0 aliphatic carbocycles. The molecule has 1 aliphatic heterocycles. The molecule has 0 aromatic heterocycles. The zero-order valence-corrected chi connectivity index (χ0v) is 10.7. The van der Waals surface area contributed by atoms with Crippen LogP contribution < -0.4 is 0 Å². The topological polar surface area (TPSA) is 34.1 Å². The van der Waals surface area contributed by atoms with Crippen LogP contribution in [0, 0.1) is 0 Å². The molecule has 0 atom stereocenters. The maximum absolute atomic E-state index is 12.1. The van der Waals surface area contributed by atoms with Gasteiger partial charge in [0.05, 0.1) is 9.79 Å². The first-order valence-corrected chi connectivity index (χ1v) is 7.13. The smallest absolute Gasteiger partial charge is 0.207 e. The largest absolute Gasteiger partial charge is 0.218 e. The monoisotopic (exact) mass is 246 g/mol. The highest BCUT2D eigenvalue weighted by atomic mass is 32.2. The van der Waals surface area contributed by atoms with E-state index in [1.54, 1.807) is 24.3 Å². The zero-order chi connectivity index (χ0) is 12.5. The third kappa shape index (κ3) is 1.67. The Morgan fingerprint density at radius 3 is 1.47 bits per heavy atom. The molecule has 2 aromatic rings. The molecule has 0 saturated heterocycles. The number of hydrogen-bond acceptors (Lipinski definition) is 2. The SMILES string of the molecule is CC.O=S1(=O)c2ccccc2-c2ccccc21. The molecule has 0 amide bonds. The Labute approximate surface area is 102 Å². The van der Waals surface area contributed by atoms with Crippen LogP contribution in [0.3, 0.4) is 0 Å². The van der Waals surface area contributed by atoms with Gasteiger partial charge in [-0.2, -0.15) is 0 Å². The summed E-state index contributed by atoms with van der Waals surface area (Å²) in [6.45, 7) is 4.00. The molecule has 0 unspecified atom stereocenters. The summed E-state index contributed by atoms with van der Waals surface area (Å²) in [6.07, 6.45) is 0. The van der Waals surface area contributed by atoms with Crippen molar-refractivity contribution in [3.05, 3.63) is 48.5 Å². The van der Waals surface area contributed by atoms with E-state index in [-0.39, 0.29) is 0 Å². The molecule has 3 heteroatoms. The lowest BCUT2D eigenvalue weighted by molar-refractivity contribution is 0.598. The lowest BCUT2D eigenvalue weighted by Crippen LogP contribution is -1.95. The van der Waals surface area contributed by atoms with E-state index in [2.05, 4.69) is 0 Å². The Kier molecular flexibility index (Phi) is 3.03. The Bertz CT molecular complexity index is 591. The molecule has 1 heterocycles. The molecule has 0 spiro atoms. The van der Waals surface area contributed by atoms with Gasteiger partial charge in [0, 0.05) is 11.1 Å². The van der Waals surface area contributed by atoms with Crippen molar-refractivity contribution >= 4 is 9.84 Å². The lowest BCUT2D eigenvalue weighted by atomic mass is 10.1. The fourth-order valence-corrected chi connectivity index (χ4v) is 3.65. The van der Waals surface area contributed by atoms with Crippen LogP contribution in [0.2, 0.25) is 0 Å². The van der Waals surface area contributed by atoms with Gasteiger partial charge in [0.2, 0.25) is 9.84 Å². The summed E-state index contributed by atoms with van der Waals surface area (Å²) in [4.78, 5) is 0.845. The summed E-state index contributed by atoms with van der Waals surface area (Å²) in [5.74, 6) is 0. The Morgan fingerprint density at radius 2 is 1.06 bits per heavy atom. The standard InChI is InChI=1S/C12H8O2S.C2H6/c13-15(14)11-7-3-1-5-9(11)10-6-2-4-8-12(10)15;1-2/h1-8H;1-2H3. The van der Waals surface area contributed by atoms with Gasteiger partial charge in [-0.15, -0.1) is 0 Å². The van der Waals surface area contributed by atoms with Crippen molar-refractivity contribution in [1.29, 1.82) is 0 Å².